The summed E-state index contributed by atoms with van der Waals surface area (Å²) in [6.07, 6.45) is 3.83. The molecule has 2 heterocycles. The first-order chi connectivity index (χ1) is 18.9. The first kappa shape index (κ1) is 27.1. The maximum atomic E-state index is 13.8. The second-order valence-corrected chi connectivity index (χ2v) is 10.4. The van der Waals surface area contributed by atoms with Crippen LogP contribution in [0.15, 0.2) is 42.5 Å². The molecule has 1 aliphatic carbocycles. The van der Waals surface area contributed by atoms with Crippen LogP contribution in [-0.2, 0) is 9.47 Å². The van der Waals surface area contributed by atoms with E-state index in [1.807, 2.05) is 24.3 Å². The number of nitrogens with one attached hydrogen (secondary N) is 1. The van der Waals surface area contributed by atoms with Crippen LogP contribution >= 0.6 is 0 Å². The van der Waals surface area contributed by atoms with Gasteiger partial charge in [0.2, 0.25) is 0 Å². The second kappa shape index (κ2) is 11.7. The summed E-state index contributed by atoms with van der Waals surface area (Å²) in [5.74, 6) is -2.02. The number of benzene rings is 2. The molecule has 1 saturated carbocycles. The maximum absolute atomic E-state index is 13.8. The summed E-state index contributed by atoms with van der Waals surface area (Å²) in [5.41, 5.74) is 1.99. The molecule has 2 atom stereocenters. The van der Waals surface area contributed by atoms with Crippen molar-refractivity contribution in [2.75, 3.05) is 26.3 Å². The van der Waals surface area contributed by atoms with Gasteiger partial charge in [0, 0.05) is 25.2 Å². The molecule has 0 unspecified atom stereocenters. The number of urea groups is 1. The van der Waals surface area contributed by atoms with Gasteiger partial charge in [-0.1, -0.05) is 24.3 Å². The standard InChI is InChI=1S/C29H33F2N3O5/c1-2-38-27(35)23-6-4-3-5-22(23)18-7-10-21(11-8-18)33-14-13-20(16-33)32-28(36)34-26(17-39-29(34)37)19-9-12-24(30)25(31)15-19/h3-6,9,12,15,18,20-21,26H,2,7-8,10-11,13-14,16-17H2,1H3,(H,32,36)/t18?,20-,21?,26-/m1/s1. The lowest BCUT2D eigenvalue weighted by atomic mass is 9.79. The third-order valence-corrected chi connectivity index (χ3v) is 8.08. The molecule has 8 nitrogen and oxygen atoms in total. The molecule has 208 valence electrons. The van der Waals surface area contributed by atoms with Gasteiger partial charge in [-0.3, -0.25) is 4.90 Å². The van der Waals surface area contributed by atoms with Gasteiger partial charge in [-0.15, -0.1) is 0 Å². The van der Waals surface area contributed by atoms with Crippen molar-refractivity contribution in [3.05, 3.63) is 70.8 Å². The average molecular weight is 542 g/mol. The Labute approximate surface area is 226 Å². The van der Waals surface area contributed by atoms with E-state index in [0.29, 0.717) is 36.2 Å². The molecule has 0 spiro atoms. The zero-order valence-corrected chi connectivity index (χ0v) is 21.9. The van der Waals surface area contributed by atoms with Crippen LogP contribution in [0.5, 0.6) is 0 Å². The number of hydrogen-bond acceptors (Lipinski definition) is 6. The molecule has 3 fully saturated rings. The van der Waals surface area contributed by atoms with Gasteiger partial charge in [0.05, 0.1) is 12.2 Å². The first-order valence-electron chi connectivity index (χ1n) is 13.6. The van der Waals surface area contributed by atoms with Gasteiger partial charge in [0.1, 0.15) is 12.6 Å². The second-order valence-electron chi connectivity index (χ2n) is 10.4. The number of hydrogen-bond donors (Lipinski definition) is 1. The number of imide groups is 1. The van der Waals surface area contributed by atoms with E-state index in [9.17, 15) is 23.2 Å². The smallest absolute Gasteiger partial charge is 0.418 e. The Morgan fingerprint density at radius 2 is 1.82 bits per heavy atom. The summed E-state index contributed by atoms with van der Waals surface area (Å²) in [5, 5.41) is 2.94. The number of halogens is 2. The third-order valence-electron chi connectivity index (χ3n) is 8.08. The summed E-state index contributed by atoms with van der Waals surface area (Å²) in [7, 11) is 0. The van der Waals surface area contributed by atoms with Crippen LogP contribution in [0.3, 0.4) is 0 Å². The molecule has 0 bridgehead atoms. The minimum absolute atomic E-state index is 0.114. The van der Waals surface area contributed by atoms with Crippen LogP contribution in [0.4, 0.5) is 18.4 Å². The number of esters is 1. The Bertz CT molecular complexity index is 1230. The SMILES string of the molecule is CCOC(=O)c1ccccc1C1CCC(N2CC[C@@H](NC(=O)N3C(=O)OC[C@@H]3c3ccc(F)c(F)c3)C2)CC1. The van der Waals surface area contributed by atoms with Gasteiger partial charge in [0.25, 0.3) is 0 Å². The van der Waals surface area contributed by atoms with Crippen LogP contribution in [0.2, 0.25) is 0 Å². The Kier molecular flexibility index (Phi) is 8.11. The molecule has 1 N–H and O–H groups in total. The highest BCUT2D eigenvalue weighted by atomic mass is 19.2. The van der Waals surface area contributed by atoms with E-state index in [-0.39, 0.29) is 18.6 Å². The van der Waals surface area contributed by atoms with Gasteiger partial charge >= 0.3 is 18.1 Å². The lowest BCUT2D eigenvalue weighted by molar-refractivity contribution is 0.0523. The van der Waals surface area contributed by atoms with E-state index >= 15 is 0 Å². The zero-order valence-electron chi connectivity index (χ0n) is 21.9. The molecule has 2 aromatic carbocycles. The fourth-order valence-electron chi connectivity index (χ4n) is 6.09. The minimum atomic E-state index is -1.04. The van der Waals surface area contributed by atoms with Gasteiger partial charge in [0.15, 0.2) is 11.6 Å². The number of amides is 3. The summed E-state index contributed by atoms with van der Waals surface area (Å²) < 4.78 is 37.4. The number of likely N-dealkylation sites (tertiary alicyclic amines) is 1. The molecule has 2 aromatic rings. The lowest BCUT2D eigenvalue weighted by Crippen LogP contribution is -2.47. The van der Waals surface area contributed by atoms with E-state index in [2.05, 4.69) is 10.2 Å². The molecule has 5 rings (SSSR count). The van der Waals surface area contributed by atoms with Gasteiger partial charge in [-0.25, -0.2) is 28.1 Å². The predicted molar refractivity (Wildman–Crippen MR) is 138 cm³/mol. The molecule has 0 aromatic heterocycles. The van der Waals surface area contributed by atoms with E-state index in [1.54, 1.807) is 6.92 Å². The highest BCUT2D eigenvalue weighted by Gasteiger charge is 2.41. The Morgan fingerprint density at radius 3 is 2.56 bits per heavy atom. The molecule has 10 heteroatoms. The number of carbonyl (C=O) groups is 3. The monoisotopic (exact) mass is 541 g/mol. The topological polar surface area (TPSA) is 88.2 Å². The fraction of sp³-hybridized carbons (Fsp3) is 0.483. The van der Waals surface area contributed by atoms with E-state index in [1.165, 1.54) is 6.07 Å². The Morgan fingerprint density at radius 1 is 1.05 bits per heavy atom. The largest absolute Gasteiger partial charge is 0.462 e. The molecule has 39 heavy (non-hydrogen) atoms. The first-order valence-corrected chi connectivity index (χ1v) is 13.6. The minimum Gasteiger partial charge on any atom is -0.462 e. The molecular weight excluding hydrogens is 508 g/mol. The molecular formula is C29H33F2N3O5. The van der Waals surface area contributed by atoms with Crippen molar-refractivity contribution in [1.82, 2.24) is 15.1 Å². The number of cyclic esters (lactones) is 1. The summed E-state index contributed by atoms with van der Waals surface area (Å²) in [4.78, 5) is 41.1. The predicted octanol–water partition coefficient (Wildman–Crippen LogP) is 5.15. The van der Waals surface area contributed by atoms with Crippen LogP contribution in [0.1, 0.15) is 72.5 Å². The van der Waals surface area contributed by atoms with Crippen LogP contribution < -0.4 is 5.32 Å². The van der Waals surface area contributed by atoms with Crippen LogP contribution in [0.25, 0.3) is 0 Å². The molecule has 3 aliphatic rings. The maximum Gasteiger partial charge on any atom is 0.418 e. The van der Waals surface area contributed by atoms with Crippen molar-refractivity contribution in [2.24, 2.45) is 0 Å². The normalized spacial score (nSPS) is 25.4. The van der Waals surface area contributed by atoms with Crippen molar-refractivity contribution in [2.45, 2.75) is 63.1 Å². The van der Waals surface area contributed by atoms with Crippen LogP contribution in [-0.4, -0.2) is 66.3 Å². The van der Waals surface area contributed by atoms with Crippen molar-refractivity contribution >= 4 is 18.1 Å². The van der Waals surface area contributed by atoms with Gasteiger partial charge in [-0.05, 0) is 74.3 Å². The molecule has 0 radical (unpaired) electrons. The van der Waals surface area contributed by atoms with Gasteiger partial charge < -0.3 is 14.8 Å². The quantitative estimate of drug-likeness (QED) is 0.510. The van der Waals surface area contributed by atoms with Crippen molar-refractivity contribution < 1.29 is 32.6 Å². The number of rotatable bonds is 6. The highest BCUT2D eigenvalue weighted by molar-refractivity contribution is 5.93. The molecule has 2 aliphatic heterocycles. The Balaban J connectivity index is 1.16. The van der Waals surface area contributed by atoms with Crippen molar-refractivity contribution in [3.8, 4) is 0 Å². The van der Waals surface area contributed by atoms with Crippen molar-refractivity contribution in [3.63, 3.8) is 0 Å². The summed E-state index contributed by atoms with van der Waals surface area (Å²) in [6.45, 7) is 3.53. The fourth-order valence-corrected chi connectivity index (χ4v) is 6.09. The lowest BCUT2D eigenvalue weighted by Gasteiger charge is -2.35. The van der Waals surface area contributed by atoms with Crippen molar-refractivity contribution in [1.29, 1.82) is 0 Å². The molecule has 2 saturated heterocycles. The van der Waals surface area contributed by atoms with Crippen LogP contribution in [0, 0.1) is 11.6 Å². The van der Waals surface area contributed by atoms with E-state index in [0.717, 1.165) is 61.2 Å². The third kappa shape index (κ3) is 5.75. The highest BCUT2D eigenvalue weighted by Crippen LogP contribution is 2.37. The zero-order chi connectivity index (χ0) is 27.5. The van der Waals surface area contributed by atoms with E-state index < -0.39 is 29.8 Å². The Hall–Kier alpha value is -3.53. The average Bonchev–Trinajstić information content (AvgIpc) is 3.57. The van der Waals surface area contributed by atoms with Gasteiger partial charge in [-0.2, -0.15) is 0 Å². The molecule has 3 amide bonds. The summed E-state index contributed by atoms with van der Waals surface area (Å²) >= 11 is 0. The van der Waals surface area contributed by atoms with E-state index in [4.69, 9.17) is 9.47 Å². The number of nitrogens with zero attached hydrogens (tertiary/aromatic N) is 2. The summed E-state index contributed by atoms with van der Waals surface area (Å²) in [6, 6.07) is 9.82. The number of carbonyl (C=O) groups excluding carboxylic acids is 3. The number of ether oxygens (including phenoxy) is 2.